The molecule has 0 unspecified atom stereocenters. The van der Waals surface area contributed by atoms with E-state index in [9.17, 15) is 93.2 Å². The van der Waals surface area contributed by atoms with Gasteiger partial charge in [0, 0.05) is 99.4 Å². The monoisotopic (exact) mass is 1410 g/mol. The van der Waals surface area contributed by atoms with Crippen LogP contribution in [-0.4, -0.2) is 276 Å². The second kappa shape index (κ2) is 33.3. The predicted molar refractivity (Wildman–Crippen MR) is 356 cm³/mol. The largest absolute Gasteiger partial charge is 0.504 e. The molecular formula is C64H90N12O20S2. The van der Waals surface area contributed by atoms with E-state index in [0.29, 0.717) is 21.6 Å². The predicted octanol–water partition coefficient (Wildman–Crippen LogP) is -1.92. The SMILES string of the molecule is CC1CCC(N2CCN(c3ccc(-c4nnc(-c5ccc(C(=O)N[C@H]6C[C@@H](O)CNC(=O)[C@@H]7[C@@H](O)[C@@H](C)CN7C(=O)[C@H]([C@H](O)CCNC(CO)CO)NC(=O)[C@H]([C@H](O)Cc7ccc(O)c(OS(O)(O)O)c7)NC(=O)[C@@H]7C[C@@H](O)CN7C(=O)[C@H]([C@@H](C)O)NC6=O)cc5)s4)cc3)CC2)CC1. The molecule has 32 nitrogen and oxygen atoms in total. The van der Waals surface area contributed by atoms with Crippen LogP contribution in [0.1, 0.15) is 81.6 Å². The van der Waals surface area contributed by atoms with Crippen LogP contribution in [-0.2, 0) is 35.2 Å². The van der Waals surface area contributed by atoms with Crippen molar-refractivity contribution in [2.24, 2.45) is 11.8 Å². The number of hydrogen-bond acceptors (Lipinski definition) is 26. The van der Waals surface area contributed by atoms with Gasteiger partial charge in [0.1, 0.15) is 46.3 Å². The summed E-state index contributed by atoms with van der Waals surface area (Å²) in [6.07, 6.45) is -7.96. The topological polar surface area (TPSA) is 482 Å². The molecule has 0 radical (unpaired) electrons. The summed E-state index contributed by atoms with van der Waals surface area (Å²) < 4.78 is 33.4. The van der Waals surface area contributed by atoms with Gasteiger partial charge in [-0.15, -0.1) is 10.2 Å². The highest BCUT2D eigenvalue weighted by atomic mass is 32.3. The molecule has 5 aliphatic rings. The Hall–Kier alpha value is -7.26. The van der Waals surface area contributed by atoms with Gasteiger partial charge in [-0.3, -0.25) is 52.1 Å². The fourth-order valence-electron chi connectivity index (χ4n) is 13.2. The minimum absolute atomic E-state index is 0.0119. The number of piperazine rings is 1. The van der Waals surface area contributed by atoms with Gasteiger partial charge < -0.3 is 96.7 Å². The molecule has 3 aromatic carbocycles. The molecule has 5 fully saturated rings. The van der Waals surface area contributed by atoms with Gasteiger partial charge in [0.15, 0.2) is 11.5 Å². The quantitative estimate of drug-likeness (QED) is 0.0486. The van der Waals surface area contributed by atoms with Crippen molar-refractivity contribution >= 4 is 69.5 Å². The Balaban J connectivity index is 0.968. The zero-order valence-corrected chi connectivity index (χ0v) is 56.1. The van der Waals surface area contributed by atoms with Crippen LogP contribution in [0.5, 0.6) is 11.5 Å². The molecule has 4 saturated heterocycles. The number of hydrogen-bond donors (Lipinski definition) is 18. The zero-order valence-electron chi connectivity index (χ0n) is 54.4. The third-order valence-corrected chi connectivity index (χ3v) is 20.3. The van der Waals surface area contributed by atoms with Crippen LogP contribution in [0.15, 0.2) is 66.7 Å². The number of anilines is 1. The van der Waals surface area contributed by atoms with Crippen molar-refractivity contribution in [1.29, 1.82) is 0 Å². The minimum Gasteiger partial charge on any atom is -0.504 e. The summed E-state index contributed by atoms with van der Waals surface area (Å²) in [6.45, 7) is 5.81. The van der Waals surface area contributed by atoms with Gasteiger partial charge in [-0.2, -0.15) is 0 Å². The number of carbonyl (C=O) groups excluding carboxylic acids is 7. The lowest BCUT2D eigenvalue weighted by molar-refractivity contribution is -0.147. The molecular weight excluding hydrogens is 1320 g/mol. The summed E-state index contributed by atoms with van der Waals surface area (Å²) in [5.74, 6) is -9.66. The zero-order chi connectivity index (χ0) is 70.9. The fourth-order valence-corrected chi connectivity index (χ4v) is 14.4. The number of amides is 7. The van der Waals surface area contributed by atoms with Crippen molar-refractivity contribution in [2.75, 3.05) is 70.5 Å². The first-order valence-corrected chi connectivity index (χ1v) is 35.0. The standard InChI is InChI=1S/C64H90N12O20S2/c1-33-4-13-41(14-5-33)73-20-22-74(23-21-73)42-15-11-39(12-16-42)62-72-71-61(97-62)38-9-7-37(8-10-38)56(86)67-45-26-43(80)28-66-60(90)54-55(85)34(2)29-76(54)64(92)53(48(83)18-19-65-40(31-77)32-78)70-59(89)52(49(84)24-36-6-17-47(82)50(25-36)96-98(93,94)95)69-58(88)46-27-44(81)30-75(46)63(91)51(35(3)79)68-57(45)87/h6-12,15-17,25,33-35,40-41,43-46,48-49,51-55,65,77-85,93-95H,4-5,13-14,18-24,26-32H2,1-3H3,(H,66,90)(H,67,86)(H,68,87)(H,69,88)(H,70,89)/t33?,34-,35+,41?,43+,44+,45-,46-,48+,49+,51-,52-,53-,54-,55-/m0/s1. The van der Waals surface area contributed by atoms with Crippen LogP contribution in [0.3, 0.4) is 0 Å². The molecule has 18 N–H and O–H groups in total. The number of aliphatic hydroxyl groups excluding tert-OH is 8. The Morgan fingerprint density at radius 3 is 1.95 bits per heavy atom. The average Bonchev–Trinajstić information content (AvgIpc) is 1.60. The highest BCUT2D eigenvalue weighted by Gasteiger charge is 2.50. The molecule has 4 aliphatic heterocycles. The smallest absolute Gasteiger partial charge is 0.266 e. The lowest BCUT2D eigenvalue weighted by atomic mass is 9.86. The van der Waals surface area contributed by atoms with Crippen LogP contribution < -0.4 is 41.0 Å². The third-order valence-electron chi connectivity index (χ3n) is 18.8. The number of nitrogens with zero attached hydrogens (tertiary/aromatic N) is 6. The molecule has 0 spiro atoms. The summed E-state index contributed by atoms with van der Waals surface area (Å²) in [5.41, 5.74) is 2.54. The van der Waals surface area contributed by atoms with Gasteiger partial charge >= 0.3 is 0 Å². The number of nitrogens with one attached hydrogen (secondary N) is 6. The molecule has 0 bridgehead atoms. The highest BCUT2D eigenvalue weighted by Crippen LogP contribution is 2.41. The number of benzene rings is 3. The number of aromatic nitrogens is 2. The molecule has 13 atom stereocenters. The molecule has 9 rings (SSSR count). The van der Waals surface area contributed by atoms with E-state index in [1.165, 1.54) is 62.1 Å². The molecule has 1 aromatic heterocycles. The minimum atomic E-state index is -4.74. The van der Waals surface area contributed by atoms with E-state index in [1.54, 1.807) is 12.1 Å². The number of phenolic OH excluding ortho intramolecular Hbond substituents is 1. The Bertz CT molecular complexity index is 3410. The van der Waals surface area contributed by atoms with Crippen LogP contribution in [0.2, 0.25) is 0 Å². The Morgan fingerprint density at radius 2 is 1.33 bits per heavy atom. The van der Waals surface area contributed by atoms with E-state index >= 15 is 0 Å². The number of carbonyl (C=O) groups is 7. The maximum atomic E-state index is 15.0. The second-order valence-corrected chi connectivity index (χ2v) is 28.2. The van der Waals surface area contributed by atoms with Gasteiger partial charge in [0.05, 0.1) is 55.9 Å². The lowest BCUT2D eigenvalue weighted by Crippen LogP contribution is -2.64. The Morgan fingerprint density at radius 1 is 0.714 bits per heavy atom. The number of rotatable bonds is 19. The van der Waals surface area contributed by atoms with Gasteiger partial charge in [-0.1, -0.05) is 43.4 Å². The third kappa shape index (κ3) is 18.8. The van der Waals surface area contributed by atoms with Crippen molar-refractivity contribution in [3.8, 4) is 32.6 Å². The number of β-amino-alcohol motifs (C(OH)–C–C–N with tert-alkyl or cyclic N) is 1. The average molecular weight is 1410 g/mol. The van der Waals surface area contributed by atoms with E-state index < -0.39 is 201 Å². The number of fused-ring (bicyclic) bond motifs is 2. The maximum absolute atomic E-state index is 15.0. The van der Waals surface area contributed by atoms with Crippen LogP contribution >= 0.6 is 22.5 Å². The van der Waals surface area contributed by atoms with E-state index in [-0.39, 0.29) is 24.2 Å². The summed E-state index contributed by atoms with van der Waals surface area (Å²) in [5, 5.41) is 124. The van der Waals surface area contributed by atoms with E-state index in [2.05, 4.69) is 75.1 Å². The lowest BCUT2D eigenvalue weighted by Gasteiger charge is -2.42. The molecule has 7 amide bonds. The summed E-state index contributed by atoms with van der Waals surface area (Å²) in [7, 11) is 0. The maximum Gasteiger partial charge on any atom is 0.266 e. The normalized spacial score (nSPS) is 28.0. The molecule has 538 valence electrons. The fraction of sp³-hybridized carbons (Fsp3) is 0.578. The highest BCUT2D eigenvalue weighted by molar-refractivity contribution is 8.15. The Labute approximate surface area is 571 Å². The molecule has 1 aliphatic carbocycles. The molecule has 98 heavy (non-hydrogen) atoms. The first-order chi connectivity index (χ1) is 46.6. The summed E-state index contributed by atoms with van der Waals surface area (Å²) >= 11 is -3.41. The van der Waals surface area contributed by atoms with Crippen molar-refractivity contribution < 1.29 is 97.4 Å². The van der Waals surface area contributed by atoms with Gasteiger partial charge in [0.25, 0.3) is 17.1 Å². The summed E-state index contributed by atoms with van der Waals surface area (Å²) in [6, 6.07) is 5.50. The van der Waals surface area contributed by atoms with Crippen LogP contribution in [0.4, 0.5) is 5.69 Å². The van der Waals surface area contributed by atoms with Crippen molar-refractivity contribution in [3.63, 3.8) is 0 Å². The van der Waals surface area contributed by atoms with E-state index in [0.717, 1.165) is 72.2 Å². The molecule has 34 heteroatoms. The van der Waals surface area contributed by atoms with Crippen molar-refractivity contribution in [1.82, 2.24) is 56.8 Å². The molecule has 5 heterocycles. The first kappa shape index (κ1) is 75.0. The molecule has 1 saturated carbocycles. The van der Waals surface area contributed by atoms with E-state index in [1.807, 2.05) is 12.1 Å². The molecule has 4 aromatic rings. The second-order valence-electron chi connectivity index (χ2n) is 26.1. The number of aliphatic hydroxyl groups is 8. The van der Waals surface area contributed by atoms with Gasteiger partial charge in [-0.25, -0.2) is 0 Å². The summed E-state index contributed by atoms with van der Waals surface area (Å²) in [4.78, 5) is 109. The van der Waals surface area contributed by atoms with Crippen molar-refractivity contribution in [3.05, 3.63) is 77.9 Å². The van der Waals surface area contributed by atoms with Crippen LogP contribution in [0.25, 0.3) is 21.1 Å². The van der Waals surface area contributed by atoms with Gasteiger partial charge in [0.2, 0.25) is 35.4 Å². The van der Waals surface area contributed by atoms with E-state index in [4.69, 9.17) is 0 Å². The Kier molecular flexibility index (Phi) is 25.4. The van der Waals surface area contributed by atoms with Gasteiger partial charge in [-0.05, 0) is 106 Å². The number of aromatic hydroxyl groups is 1. The number of phenols is 1. The van der Waals surface area contributed by atoms with Crippen LogP contribution in [0, 0.1) is 11.8 Å². The first-order valence-electron chi connectivity index (χ1n) is 32.8. The van der Waals surface area contributed by atoms with Crippen molar-refractivity contribution in [2.45, 2.75) is 157 Å².